The Labute approximate surface area is 110 Å². The van der Waals surface area contributed by atoms with Gasteiger partial charge in [-0.3, -0.25) is 4.79 Å². The highest BCUT2D eigenvalue weighted by Gasteiger charge is 2.12. The van der Waals surface area contributed by atoms with E-state index in [1.54, 1.807) is 0 Å². The third-order valence-electron chi connectivity index (χ3n) is 2.89. The van der Waals surface area contributed by atoms with Crippen LogP contribution in [0.4, 0.5) is 0 Å². The summed E-state index contributed by atoms with van der Waals surface area (Å²) in [6.45, 7) is 1.37. The van der Waals surface area contributed by atoms with Gasteiger partial charge in [0.2, 0.25) is 5.91 Å². The Morgan fingerprint density at radius 3 is 2.61 bits per heavy atom. The Kier molecular flexibility index (Phi) is 3.84. The molecular weight excluding hydrogens is 250 g/mol. The van der Waals surface area contributed by atoms with Crippen molar-refractivity contribution in [2.75, 3.05) is 6.61 Å². The molecule has 0 aliphatic rings. The number of nitrogens with one attached hydrogen (secondary N) is 1. The predicted octanol–water partition coefficient (Wildman–Crippen LogP) is 2.66. The second-order valence-electron chi connectivity index (χ2n) is 4.13. The Bertz CT molecular complexity index is 583. The molecule has 94 valence electrons. The zero-order valence-corrected chi connectivity index (χ0v) is 10.7. The number of halogens is 1. The molecule has 0 saturated heterocycles. The van der Waals surface area contributed by atoms with Gasteiger partial charge < -0.3 is 10.4 Å². The van der Waals surface area contributed by atoms with Gasteiger partial charge in [-0.25, -0.2) is 0 Å². The monoisotopic (exact) mass is 263 g/mol. The molecule has 3 nitrogen and oxygen atoms in total. The number of fused-ring (bicyclic) bond motifs is 1. The first-order valence-electron chi connectivity index (χ1n) is 5.71. The van der Waals surface area contributed by atoms with E-state index in [1.165, 1.54) is 0 Å². The molecule has 0 bridgehead atoms. The molecule has 0 saturated carbocycles. The van der Waals surface area contributed by atoms with Crippen molar-refractivity contribution < 1.29 is 9.90 Å². The Hall–Kier alpha value is -1.58. The van der Waals surface area contributed by atoms with Crippen molar-refractivity contribution in [1.29, 1.82) is 0 Å². The maximum absolute atomic E-state index is 11.2. The van der Waals surface area contributed by atoms with Crippen LogP contribution in [0.15, 0.2) is 36.4 Å². The minimum absolute atomic E-state index is 0.174. The summed E-state index contributed by atoms with van der Waals surface area (Å²) in [4.78, 5) is 11.2. The van der Waals surface area contributed by atoms with Gasteiger partial charge in [-0.1, -0.05) is 41.9 Å². The lowest BCUT2D eigenvalue weighted by atomic mass is 9.99. The second-order valence-corrected chi connectivity index (χ2v) is 4.54. The van der Waals surface area contributed by atoms with Crippen LogP contribution in [0.5, 0.6) is 0 Å². The normalized spacial score (nSPS) is 12.4. The number of hydrogen-bond acceptors (Lipinski definition) is 2. The predicted molar refractivity (Wildman–Crippen MR) is 72.6 cm³/mol. The summed E-state index contributed by atoms with van der Waals surface area (Å²) in [6.07, 6.45) is 0. The molecule has 18 heavy (non-hydrogen) atoms. The third-order valence-corrected chi connectivity index (χ3v) is 3.22. The standard InChI is InChI=1S/C14H14ClNO2/c1-9(16-14(18)8-17)10-6-7-13(15)12-5-3-2-4-11(10)12/h2-7,9,17H,8H2,1H3,(H,16,18)/t9-/m0/s1. The number of amides is 1. The first-order chi connectivity index (χ1) is 8.63. The highest BCUT2D eigenvalue weighted by atomic mass is 35.5. The van der Waals surface area contributed by atoms with Crippen LogP contribution in [-0.4, -0.2) is 17.6 Å². The molecule has 1 amide bonds. The Morgan fingerprint density at radius 1 is 1.28 bits per heavy atom. The van der Waals surface area contributed by atoms with E-state index in [9.17, 15) is 4.79 Å². The van der Waals surface area contributed by atoms with E-state index in [1.807, 2.05) is 43.3 Å². The van der Waals surface area contributed by atoms with Crippen LogP contribution < -0.4 is 5.32 Å². The fourth-order valence-electron chi connectivity index (χ4n) is 2.03. The molecule has 0 heterocycles. The molecule has 0 radical (unpaired) electrons. The lowest BCUT2D eigenvalue weighted by Gasteiger charge is -2.16. The fourth-order valence-corrected chi connectivity index (χ4v) is 2.26. The van der Waals surface area contributed by atoms with Crippen molar-refractivity contribution in [2.24, 2.45) is 0 Å². The van der Waals surface area contributed by atoms with Crippen molar-refractivity contribution >= 4 is 28.3 Å². The Morgan fingerprint density at radius 2 is 1.94 bits per heavy atom. The minimum Gasteiger partial charge on any atom is -0.387 e. The van der Waals surface area contributed by atoms with Crippen molar-refractivity contribution in [3.8, 4) is 0 Å². The molecule has 1 atom stereocenters. The van der Waals surface area contributed by atoms with E-state index in [0.717, 1.165) is 16.3 Å². The first kappa shape index (κ1) is 12.9. The summed E-state index contributed by atoms with van der Waals surface area (Å²) in [6, 6.07) is 11.3. The van der Waals surface area contributed by atoms with Crippen LogP contribution in [0.3, 0.4) is 0 Å². The summed E-state index contributed by atoms with van der Waals surface area (Å²) >= 11 is 6.14. The summed E-state index contributed by atoms with van der Waals surface area (Å²) in [5.74, 6) is -0.387. The summed E-state index contributed by atoms with van der Waals surface area (Å²) in [5, 5.41) is 14.1. The molecular formula is C14H14ClNO2. The van der Waals surface area contributed by atoms with Gasteiger partial charge >= 0.3 is 0 Å². The van der Waals surface area contributed by atoms with Gasteiger partial charge in [0.25, 0.3) is 0 Å². The number of rotatable bonds is 3. The Balaban J connectivity index is 2.45. The van der Waals surface area contributed by atoms with E-state index >= 15 is 0 Å². The zero-order valence-electron chi connectivity index (χ0n) is 9.98. The minimum atomic E-state index is -0.504. The van der Waals surface area contributed by atoms with Gasteiger partial charge in [-0.05, 0) is 23.9 Å². The molecule has 0 aliphatic heterocycles. The van der Waals surface area contributed by atoms with Crippen molar-refractivity contribution in [3.05, 3.63) is 47.0 Å². The number of carbonyl (C=O) groups is 1. The third kappa shape index (κ3) is 2.47. The molecule has 0 aliphatic carbocycles. The van der Waals surface area contributed by atoms with Crippen molar-refractivity contribution in [3.63, 3.8) is 0 Å². The van der Waals surface area contributed by atoms with Crippen LogP contribution in [-0.2, 0) is 4.79 Å². The SMILES string of the molecule is C[C@H](NC(=O)CO)c1ccc(Cl)c2ccccc12. The zero-order chi connectivity index (χ0) is 13.1. The van der Waals surface area contributed by atoms with Gasteiger partial charge in [-0.15, -0.1) is 0 Å². The van der Waals surface area contributed by atoms with E-state index in [0.29, 0.717) is 5.02 Å². The molecule has 4 heteroatoms. The largest absolute Gasteiger partial charge is 0.387 e. The summed E-state index contributed by atoms with van der Waals surface area (Å²) in [5.41, 5.74) is 0.983. The molecule has 2 rings (SSSR count). The first-order valence-corrected chi connectivity index (χ1v) is 6.08. The number of benzene rings is 2. The van der Waals surface area contributed by atoms with Crippen LogP contribution in [0.1, 0.15) is 18.5 Å². The molecule has 2 aromatic carbocycles. The summed E-state index contributed by atoms with van der Waals surface area (Å²) < 4.78 is 0. The molecule has 0 fully saturated rings. The van der Waals surface area contributed by atoms with Gasteiger partial charge in [0.05, 0.1) is 6.04 Å². The smallest absolute Gasteiger partial charge is 0.246 e. The van der Waals surface area contributed by atoms with E-state index < -0.39 is 6.61 Å². The van der Waals surface area contributed by atoms with Crippen LogP contribution in [0.2, 0.25) is 5.02 Å². The van der Waals surface area contributed by atoms with Gasteiger partial charge in [-0.2, -0.15) is 0 Å². The molecule has 0 aromatic heterocycles. The number of carbonyl (C=O) groups excluding carboxylic acids is 1. The maximum atomic E-state index is 11.2. The van der Waals surface area contributed by atoms with Gasteiger partial charge in [0.15, 0.2) is 0 Å². The second kappa shape index (κ2) is 5.38. The molecule has 0 unspecified atom stereocenters. The topological polar surface area (TPSA) is 49.3 Å². The summed E-state index contributed by atoms with van der Waals surface area (Å²) in [7, 11) is 0. The van der Waals surface area contributed by atoms with Gasteiger partial charge in [0.1, 0.15) is 6.61 Å². The highest BCUT2D eigenvalue weighted by molar-refractivity contribution is 6.35. The quantitative estimate of drug-likeness (QED) is 0.894. The average Bonchev–Trinajstić information content (AvgIpc) is 2.39. The number of aliphatic hydroxyl groups is 1. The average molecular weight is 264 g/mol. The van der Waals surface area contributed by atoms with E-state index in [4.69, 9.17) is 16.7 Å². The fraction of sp³-hybridized carbons (Fsp3) is 0.214. The molecule has 2 N–H and O–H groups in total. The van der Waals surface area contributed by atoms with Gasteiger partial charge in [0, 0.05) is 10.4 Å². The maximum Gasteiger partial charge on any atom is 0.246 e. The van der Waals surface area contributed by atoms with Crippen LogP contribution in [0.25, 0.3) is 10.8 Å². The van der Waals surface area contributed by atoms with Crippen molar-refractivity contribution in [1.82, 2.24) is 5.32 Å². The van der Waals surface area contributed by atoms with Crippen molar-refractivity contribution in [2.45, 2.75) is 13.0 Å². The number of aliphatic hydroxyl groups excluding tert-OH is 1. The van der Waals surface area contributed by atoms with E-state index in [-0.39, 0.29) is 11.9 Å². The van der Waals surface area contributed by atoms with Crippen LogP contribution >= 0.6 is 11.6 Å². The lowest BCUT2D eigenvalue weighted by molar-refractivity contribution is -0.124. The molecule has 2 aromatic rings. The van der Waals surface area contributed by atoms with Crippen LogP contribution in [0, 0.1) is 0 Å². The van der Waals surface area contributed by atoms with E-state index in [2.05, 4.69) is 5.32 Å². The number of hydrogen-bond donors (Lipinski definition) is 2. The lowest BCUT2D eigenvalue weighted by Crippen LogP contribution is -2.29. The highest BCUT2D eigenvalue weighted by Crippen LogP contribution is 2.29. The molecule has 0 spiro atoms.